The zero-order valence-electron chi connectivity index (χ0n) is 18.7. The van der Waals surface area contributed by atoms with Crippen molar-refractivity contribution in [1.82, 2.24) is 10.0 Å². The molecule has 0 fully saturated rings. The molecule has 0 saturated carbocycles. The van der Waals surface area contributed by atoms with Crippen LogP contribution >= 0.6 is 0 Å². The molecule has 2 N–H and O–H groups in total. The molecule has 0 saturated heterocycles. The maximum atomic E-state index is 12.9. The monoisotopic (exact) mass is 483 g/mol. The number of nitro groups is 1. The van der Waals surface area contributed by atoms with E-state index in [0.717, 1.165) is 5.56 Å². The van der Waals surface area contributed by atoms with Gasteiger partial charge in [0.25, 0.3) is 11.6 Å². The first-order valence-corrected chi connectivity index (χ1v) is 12.2. The van der Waals surface area contributed by atoms with Crippen LogP contribution in [0.4, 0.5) is 5.69 Å². The molecule has 0 atom stereocenters. The zero-order chi connectivity index (χ0) is 24.7. The average molecular weight is 484 g/mol. The lowest BCUT2D eigenvalue weighted by Gasteiger charge is -2.12. The number of hydrogen-bond donors (Lipinski definition) is 2. The van der Waals surface area contributed by atoms with Crippen LogP contribution in [-0.4, -0.2) is 25.3 Å². The van der Waals surface area contributed by atoms with Crippen molar-refractivity contribution in [3.05, 3.63) is 99.6 Å². The molecular formula is C24H25N3O6S. The molecule has 3 aromatic rings. The van der Waals surface area contributed by atoms with Gasteiger partial charge in [0.1, 0.15) is 11.5 Å². The number of para-hydroxylation sites is 1. The van der Waals surface area contributed by atoms with E-state index in [0.29, 0.717) is 11.3 Å². The van der Waals surface area contributed by atoms with E-state index < -0.39 is 20.9 Å². The van der Waals surface area contributed by atoms with Gasteiger partial charge in [-0.25, -0.2) is 13.1 Å². The van der Waals surface area contributed by atoms with Crippen molar-refractivity contribution >= 4 is 21.6 Å². The number of sulfonamides is 1. The molecule has 178 valence electrons. The summed E-state index contributed by atoms with van der Waals surface area (Å²) in [6.07, 6.45) is 0. The number of ether oxygens (including phenoxy) is 1. The largest absolute Gasteiger partial charge is 0.457 e. The van der Waals surface area contributed by atoms with Crippen LogP contribution in [0.25, 0.3) is 0 Å². The number of nitrogens with zero attached hydrogens (tertiary/aromatic N) is 1. The van der Waals surface area contributed by atoms with Gasteiger partial charge in [-0.05, 0) is 43.2 Å². The van der Waals surface area contributed by atoms with E-state index in [9.17, 15) is 23.3 Å². The Morgan fingerprint density at radius 2 is 1.65 bits per heavy atom. The Hall–Kier alpha value is -3.76. The lowest BCUT2D eigenvalue weighted by Crippen LogP contribution is -2.31. The highest BCUT2D eigenvalue weighted by atomic mass is 32.2. The average Bonchev–Trinajstić information content (AvgIpc) is 2.78. The topological polar surface area (TPSA) is 128 Å². The molecular weight excluding hydrogens is 458 g/mol. The van der Waals surface area contributed by atoms with Crippen LogP contribution < -0.4 is 14.8 Å². The van der Waals surface area contributed by atoms with Crippen molar-refractivity contribution in [2.75, 3.05) is 0 Å². The zero-order valence-corrected chi connectivity index (χ0v) is 19.5. The number of rotatable bonds is 10. The van der Waals surface area contributed by atoms with Crippen LogP contribution in [0.2, 0.25) is 0 Å². The molecule has 0 aromatic heterocycles. The molecule has 9 nitrogen and oxygen atoms in total. The number of nitrogens with one attached hydrogen (secondary N) is 2. The highest BCUT2D eigenvalue weighted by Crippen LogP contribution is 2.28. The number of carbonyl (C=O) groups excluding carboxylic acids is 1. The highest BCUT2D eigenvalue weighted by molar-refractivity contribution is 7.88. The third kappa shape index (κ3) is 7.12. The molecule has 0 bridgehead atoms. The van der Waals surface area contributed by atoms with Gasteiger partial charge >= 0.3 is 0 Å². The van der Waals surface area contributed by atoms with Crippen molar-refractivity contribution in [2.24, 2.45) is 0 Å². The SMILES string of the molecule is CC(C)NS(=O)(=O)Cc1ccc(CNC(=O)c2cc([N+](=O)[O-])ccc2Oc2ccccc2)cc1. The van der Waals surface area contributed by atoms with E-state index in [1.807, 2.05) is 6.07 Å². The number of amides is 1. The van der Waals surface area contributed by atoms with Crippen LogP contribution in [-0.2, 0) is 22.3 Å². The first kappa shape index (κ1) is 24.9. The van der Waals surface area contributed by atoms with Crippen molar-refractivity contribution in [3.63, 3.8) is 0 Å². The summed E-state index contributed by atoms with van der Waals surface area (Å²) in [5, 5.41) is 13.9. The standard InChI is InChI=1S/C24H25N3O6S/c1-17(2)26-34(31,32)16-19-10-8-18(9-11-19)15-25-24(28)22-14-20(27(29)30)12-13-23(22)33-21-6-4-3-5-7-21/h3-14,17,26H,15-16H2,1-2H3,(H,25,28). The van der Waals surface area contributed by atoms with Crippen LogP contribution in [0.1, 0.15) is 35.3 Å². The third-order valence-corrected chi connectivity index (χ3v) is 6.18. The Kier molecular flexibility index (Phi) is 7.98. The van der Waals surface area contributed by atoms with Crippen LogP contribution in [0.5, 0.6) is 11.5 Å². The minimum atomic E-state index is -3.44. The van der Waals surface area contributed by atoms with E-state index in [1.54, 1.807) is 62.4 Å². The van der Waals surface area contributed by atoms with Gasteiger partial charge in [-0.1, -0.05) is 42.5 Å². The fourth-order valence-electron chi connectivity index (χ4n) is 3.16. The van der Waals surface area contributed by atoms with Crippen molar-refractivity contribution in [1.29, 1.82) is 0 Å². The van der Waals surface area contributed by atoms with Gasteiger partial charge in [0, 0.05) is 24.7 Å². The van der Waals surface area contributed by atoms with Crippen LogP contribution in [0.3, 0.4) is 0 Å². The molecule has 34 heavy (non-hydrogen) atoms. The summed E-state index contributed by atoms with van der Waals surface area (Å²) in [6.45, 7) is 3.64. The van der Waals surface area contributed by atoms with Crippen LogP contribution in [0.15, 0.2) is 72.8 Å². The lowest BCUT2D eigenvalue weighted by atomic mass is 10.1. The second kappa shape index (κ2) is 10.9. The summed E-state index contributed by atoms with van der Waals surface area (Å²) in [7, 11) is -3.44. The Morgan fingerprint density at radius 3 is 2.26 bits per heavy atom. The molecule has 0 unspecified atom stereocenters. The molecule has 0 heterocycles. The predicted octanol–water partition coefficient (Wildman–Crippen LogP) is 4.14. The minimum Gasteiger partial charge on any atom is -0.457 e. The van der Waals surface area contributed by atoms with Gasteiger partial charge in [0.15, 0.2) is 0 Å². The molecule has 0 aliphatic rings. The first-order chi connectivity index (χ1) is 16.1. The van der Waals surface area contributed by atoms with E-state index >= 15 is 0 Å². The molecule has 0 radical (unpaired) electrons. The summed E-state index contributed by atoms with van der Waals surface area (Å²) in [4.78, 5) is 23.5. The van der Waals surface area contributed by atoms with E-state index in [-0.39, 0.29) is 35.3 Å². The molecule has 1 amide bonds. The maximum absolute atomic E-state index is 12.9. The van der Waals surface area contributed by atoms with Gasteiger partial charge in [-0.3, -0.25) is 14.9 Å². The molecule has 3 rings (SSSR count). The van der Waals surface area contributed by atoms with Crippen molar-refractivity contribution < 1.29 is 22.9 Å². The van der Waals surface area contributed by atoms with Crippen LogP contribution in [0, 0.1) is 10.1 Å². The first-order valence-electron chi connectivity index (χ1n) is 10.5. The fourth-order valence-corrected chi connectivity index (χ4v) is 4.60. The maximum Gasteiger partial charge on any atom is 0.270 e. The minimum absolute atomic E-state index is 0.0283. The molecule has 0 aliphatic heterocycles. The van der Waals surface area contributed by atoms with Gasteiger partial charge in [0.2, 0.25) is 10.0 Å². The summed E-state index contributed by atoms with van der Waals surface area (Å²) in [5.74, 6) is -0.0103. The number of benzene rings is 3. The van der Waals surface area contributed by atoms with E-state index in [4.69, 9.17) is 4.74 Å². The number of nitro benzene ring substituents is 1. The lowest BCUT2D eigenvalue weighted by molar-refractivity contribution is -0.384. The fraction of sp³-hybridized carbons (Fsp3) is 0.208. The summed E-state index contributed by atoms with van der Waals surface area (Å²) in [5.41, 5.74) is 1.15. The third-order valence-electron chi connectivity index (χ3n) is 4.64. The van der Waals surface area contributed by atoms with Gasteiger partial charge in [0.05, 0.1) is 16.2 Å². The number of non-ortho nitro benzene ring substituents is 1. The predicted molar refractivity (Wildman–Crippen MR) is 128 cm³/mol. The van der Waals surface area contributed by atoms with Gasteiger partial charge in [-0.15, -0.1) is 0 Å². The van der Waals surface area contributed by atoms with Gasteiger partial charge < -0.3 is 10.1 Å². The highest BCUT2D eigenvalue weighted by Gasteiger charge is 2.19. The number of hydrogen-bond acceptors (Lipinski definition) is 6. The summed E-state index contributed by atoms with van der Waals surface area (Å²) < 4.78 is 32.4. The summed E-state index contributed by atoms with van der Waals surface area (Å²) in [6, 6.07) is 19.2. The Morgan fingerprint density at radius 1 is 1.00 bits per heavy atom. The second-order valence-electron chi connectivity index (χ2n) is 7.88. The molecule has 0 aliphatic carbocycles. The normalized spacial score (nSPS) is 11.3. The van der Waals surface area contributed by atoms with Crippen molar-refractivity contribution in [3.8, 4) is 11.5 Å². The molecule has 3 aromatic carbocycles. The van der Waals surface area contributed by atoms with E-state index in [2.05, 4.69) is 10.0 Å². The number of carbonyl (C=O) groups is 1. The summed E-state index contributed by atoms with van der Waals surface area (Å²) >= 11 is 0. The van der Waals surface area contributed by atoms with E-state index in [1.165, 1.54) is 18.2 Å². The second-order valence-corrected chi connectivity index (χ2v) is 9.64. The Balaban J connectivity index is 1.71. The van der Waals surface area contributed by atoms with Crippen molar-refractivity contribution in [2.45, 2.75) is 32.2 Å². The molecule has 0 spiro atoms. The smallest absolute Gasteiger partial charge is 0.270 e. The quantitative estimate of drug-likeness (QED) is 0.329. The molecule has 10 heteroatoms. The Labute approximate surface area is 198 Å². The van der Waals surface area contributed by atoms with Gasteiger partial charge in [-0.2, -0.15) is 0 Å². The Bertz CT molecular complexity index is 1260.